The molecule has 112 valence electrons. The Labute approximate surface area is 137 Å². The summed E-state index contributed by atoms with van der Waals surface area (Å²) >= 11 is 9.42. The molecule has 7 heteroatoms. The summed E-state index contributed by atoms with van der Waals surface area (Å²) in [5.74, 6) is 0. The molecule has 0 saturated heterocycles. The molecular weight excluding hydrogens is 376 g/mol. The molecule has 0 saturated carbocycles. The summed E-state index contributed by atoms with van der Waals surface area (Å²) in [5, 5.41) is 9.05. The van der Waals surface area contributed by atoms with Crippen LogP contribution in [0.25, 0.3) is 0 Å². The predicted octanol–water partition coefficient (Wildman–Crippen LogP) is 3.92. The van der Waals surface area contributed by atoms with Crippen LogP contribution in [0.2, 0.25) is 5.02 Å². The molecule has 21 heavy (non-hydrogen) atoms. The molecule has 0 aliphatic heterocycles. The molecular formula is C14H14BrClN2O2S. The van der Waals surface area contributed by atoms with Gasteiger partial charge in [0.25, 0.3) is 0 Å². The topological polar surface area (TPSA) is 72.2 Å². The number of anilines is 1. The lowest BCUT2D eigenvalue weighted by atomic mass is 10.1. The molecule has 0 amide bonds. The van der Waals surface area contributed by atoms with Gasteiger partial charge in [-0.2, -0.15) is 0 Å². The molecule has 2 aromatic carbocycles. The number of rotatable bonds is 4. The minimum atomic E-state index is -3.70. The van der Waals surface area contributed by atoms with Crippen LogP contribution in [-0.4, -0.2) is 8.42 Å². The number of nitrogens with two attached hydrogens (primary N) is 1. The number of halogens is 2. The van der Waals surface area contributed by atoms with Crippen LogP contribution in [0.3, 0.4) is 0 Å². The highest BCUT2D eigenvalue weighted by molar-refractivity contribution is 9.10. The molecule has 0 fully saturated rings. The van der Waals surface area contributed by atoms with E-state index in [1.807, 2.05) is 19.1 Å². The molecule has 1 unspecified atom stereocenters. The summed E-state index contributed by atoms with van der Waals surface area (Å²) in [6, 6.07) is 11.9. The monoisotopic (exact) mass is 388 g/mol. The lowest BCUT2D eigenvalue weighted by Crippen LogP contribution is -2.13. The maximum atomic E-state index is 11.4. The zero-order valence-electron chi connectivity index (χ0n) is 11.2. The number of sulfonamides is 1. The average molecular weight is 390 g/mol. The van der Waals surface area contributed by atoms with Gasteiger partial charge in [-0.1, -0.05) is 23.7 Å². The van der Waals surface area contributed by atoms with E-state index in [0.717, 1.165) is 15.7 Å². The molecule has 0 aliphatic rings. The Morgan fingerprint density at radius 3 is 2.62 bits per heavy atom. The molecule has 0 aromatic heterocycles. The number of benzene rings is 2. The van der Waals surface area contributed by atoms with E-state index in [-0.39, 0.29) is 10.9 Å². The average Bonchev–Trinajstić information content (AvgIpc) is 2.42. The number of primary sulfonamides is 1. The van der Waals surface area contributed by atoms with E-state index in [9.17, 15) is 8.42 Å². The first-order valence-electron chi connectivity index (χ1n) is 6.12. The van der Waals surface area contributed by atoms with E-state index in [1.165, 1.54) is 6.07 Å². The minimum absolute atomic E-state index is 0.0961. The van der Waals surface area contributed by atoms with Crippen molar-refractivity contribution in [1.29, 1.82) is 0 Å². The van der Waals surface area contributed by atoms with Crippen LogP contribution in [-0.2, 0) is 10.0 Å². The van der Waals surface area contributed by atoms with Crippen molar-refractivity contribution in [2.45, 2.75) is 17.9 Å². The third-order valence-electron chi connectivity index (χ3n) is 2.99. The highest BCUT2D eigenvalue weighted by Gasteiger charge is 2.12. The maximum Gasteiger partial charge on any atom is 0.238 e. The van der Waals surface area contributed by atoms with Crippen LogP contribution >= 0.6 is 27.5 Å². The Hall–Kier alpha value is -1.08. The standard InChI is InChI=1S/C14H14BrClN2O2S/c1-9(18-14-8-11(16)5-6-13(14)15)10-3-2-4-12(7-10)21(17,19)20/h2-9,18H,1H3,(H2,17,19,20). The smallest absolute Gasteiger partial charge is 0.238 e. The molecule has 1 atom stereocenters. The Bertz CT molecular complexity index is 765. The Kier molecular flexibility index (Phi) is 4.93. The van der Waals surface area contributed by atoms with E-state index in [0.29, 0.717) is 5.02 Å². The minimum Gasteiger partial charge on any atom is -0.378 e. The number of nitrogens with one attached hydrogen (secondary N) is 1. The zero-order chi connectivity index (χ0) is 15.6. The van der Waals surface area contributed by atoms with Gasteiger partial charge in [-0.05, 0) is 58.7 Å². The van der Waals surface area contributed by atoms with Gasteiger partial charge in [0.2, 0.25) is 10.0 Å². The van der Waals surface area contributed by atoms with E-state index >= 15 is 0 Å². The summed E-state index contributed by atoms with van der Waals surface area (Å²) in [6.45, 7) is 1.93. The second-order valence-electron chi connectivity index (χ2n) is 4.61. The van der Waals surface area contributed by atoms with E-state index in [1.54, 1.807) is 24.3 Å². The van der Waals surface area contributed by atoms with Gasteiger partial charge >= 0.3 is 0 Å². The SMILES string of the molecule is CC(Nc1cc(Cl)ccc1Br)c1cccc(S(N)(=O)=O)c1. The van der Waals surface area contributed by atoms with Gasteiger partial charge in [0.05, 0.1) is 10.6 Å². The summed E-state index contributed by atoms with van der Waals surface area (Å²) in [5.41, 5.74) is 1.64. The van der Waals surface area contributed by atoms with Crippen molar-refractivity contribution in [3.05, 3.63) is 57.5 Å². The molecule has 2 rings (SSSR count). The van der Waals surface area contributed by atoms with Gasteiger partial charge in [0.1, 0.15) is 0 Å². The Morgan fingerprint density at radius 2 is 1.95 bits per heavy atom. The maximum absolute atomic E-state index is 11.4. The zero-order valence-corrected chi connectivity index (χ0v) is 14.3. The second kappa shape index (κ2) is 6.36. The molecule has 2 aromatic rings. The molecule has 0 aliphatic carbocycles. The fourth-order valence-electron chi connectivity index (χ4n) is 1.89. The van der Waals surface area contributed by atoms with Gasteiger partial charge in [-0.25, -0.2) is 13.6 Å². The van der Waals surface area contributed by atoms with Crippen molar-refractivity contribution in [1.82, 2.24) is 0 Å². The van der Waals surface area contributed by atoms with Crippen molar-refractivity contribution >= 4 is 43.2 Å². The van der Waals surface area contributed by atoms with Gasteiger partial charge in [0, 0.05) is 15.5 Å². The first-order valence-corrected chi connectivity index (χ1v) is 8.83. The van der Waals surface area contributed by atoms with Crippen molar-refractivity contribution in [2.24, 2.45) is 5.14 Å². The fraction of sp³-hybridized carbons (Fsp3) is 0.143. The fourth-order valence-corrected chi connectivity index (χ4v) is 2.99. The summed E-state index contributed by atoms with van der Waals surface area (Å²) < 4.78 is 23.7. The normalized spacial score (nSPS) is 13.0. The highest BCUT2D eigenvalue weighted by Crippen LogP contribution is 2.29. The van der Waals surface area contributed by atoms with Crippen molar-refractivity contribution in [3.8, 4) is 0 Å². The molecule has 0 radical (unpaired) electrons. The molecule has 3 N–H and O–H groups in total. The van der Waals surface area contributed by atoms with Crippen molar-refractivity contribution in [2.75, 3.05) is 5.32 Å². The Morgan fingerprint density at radius 1 is 1.24 bits per heavy atom. The van der Waals surface area contributed by atoms with Gasteiger partial charge in [0.15, 0.2) is 0 Å². The Balaban J connectivity index is 2.28. The first-order chi connectivity index (χ1) is 9.77. The van der Waals surface area contributed by atoms with Crippen molar-refractivity contribution in [3.63, 3.8) is 0 Å². The summed E-state index contributed by atoms with van der Waals surface area (Å²) in [4.78, 5) is 0.0961. The van der Waals surface area contributed by atoms with Gasteiger partial charge in [-0.3, -0.25) is 0 Å². The molecule has 0 spiro atoms. The largest absolute Gasteiger partial charge is 0.378 e. The number of hydrogen-bond acceptors (Lipinski definition) is 3. The van der Waals surface area contributed by atoms with Gasteiger partial charge in [-0.15, -0.1) is 0 Å². The highest BCUT2D eigenvalue weighted by atomic mass is 79.9. The van der Waals surface area contributed by atoms with E-state index in [2.05, 4.69) is 21.2 Å². The van der Waals surface area contributed by atoms with Crippen LogP contribution < -0.4 is 10.5 Å². The first kappa shape index (κ1) is 16.3. The van der Waals surface area contributed by atoms with E-state index in [4.69, 9.17) is 16.7 Å². The van der Waals surface area contributed by atoms with E-state index < -0.39 is 10.0 Å². The lowest BCUT2D eigenvalue weighted by Gasteiger charge is -2.17. The number of hydrogen-bond donors (Lipinski definition) is 2. The van der Waals surface area contributed by atoms with Crippen LogP contribution in [0.4, 0.5) is 5.69 Å². The van der Waals surface area contributed by atoms with Crippen LogP contribution in [0, 0.1) is 0 Å². The predicted molar refractivity (Wildman–Crippen MR) is 89.0 cm³/mol. The molecule has 0 bridgehead atoms. The van der Waals surface area contributed by atoms with Crippen LogP contribution in [0.1, 0.15) is 18.5 Å². The van der Waals surface area contributed by atoms with Crippen molar-refractivity contribution < 1.29 is 8.42 Å². The molecule has 0 heterocycles. The third-order valence-corrected chi connectivity index (χ3v) is 4.82. The summed E-state index contributed by atoms with van der Waals surface area (Å²) in [7, 11) is -3.70. The quantitative estimate of drug-likeness (QED) is 0.832. The van der Waals surface area contributed by atoms with Gasteiger partial charge < -0.3 is 5.32 Å². The molecule has 4 nitrogen and oxygen atoms in total. The lowest BCUT2D eigenvalue weighted by molar-refractivity contribution is 0.597. The second-order valence-corrected chi connectivity index (χ2v) is 7.46. The van der Waals surface area contributed by atoms with Crippen LogP contribution in [0.15, 0.2) is 51.8 Å². The van der Waals surface area contributed by atoms with Crippen LogP contribution in [0.5, 0.6) is 0 Å². The summed E-state index contributed by atoms with van der Waals surface area (Å²) in [6.07, 6.45) is 0. The third kappa shape index (κ3) is 4.20.